The highest BCUT2D eigenvalue weighted by atomic mass is 16.5. The van der Waals surface area contributed by atoms with E-state index in [1.807, 2.05) is 6.92 Å². The van der Waals surface area contributed by atoms with Crippen LogP contribution in [-0.4, -0.2) is 23.8 Å². The fourth-order valence-corrected chi connectivity index (χ4v) is 1.26. The smallest absolute Gasteiger partial charge is 0.309 e. The van der Waals surface area contributed by atoms with E-state index < -0.39 is 6.10 Å². The van der Waals surface area contributed by atoms with Crippen molar-refractivity contribution >= 4 is 5.97 Å². The van der Waals surface area contributed by atoms with Crippen molar-refractivity contribution in [2.75, 3.05) is 6.61 Å². The maximum absolute atomic E-state index is 11.5. The second-order valence-corrected chi connectivity index (χ2v) is 3.73. The van der Waals surface area contributed by atoms with E-state index in [4.69, 9.17) is 9.84 Å². The molecule has 0 spiro atoms. The zero-order valence-corrected chi connectivity index (χ0v) is 9.45. The van der Waals surface area contributed by atoms with Crippen molar-refractivity contribution in [2.24, 2.45) is 5.92 Å². The van der Waals surface area contributed by atoms with E-state index >= 15 is 0 Å². The lowest BCUT2D eigenvalue weighted by Crippen LogP contribution is -2.21. The van der Waals surface area contributed by atoms with Gasteiger partial charge in [-0.2, -0.15) is 0 Å². The third kappa shape index (κ3) is 5.97. The van der Waals surface area contributed by atoms with Crippen LogP contribution in [0.1, 0.15) is 46.5 Å². The van der Waals surface area contributed by atoms with Crippen LogP contribution in [0.15, 0.2) is 0 Å². The van der Waals surface area contributed by atoms with Crippen LogP contribution >= 0.6 is 0 Å². The van der Waals surface area contributed by atoms with Gasteiger partial charge in [0, 0.05) is 0 Å². The molecule has 3 heteroatoms. The monoisotopic (exact) mass is 202 g/mol. The maximum atomic E-state index is 11.5. The van der Waals surface area contributed by atoms with Gasteiger partial charge >= 0.3 is 5.97 Å². The molecular formula is C11H22O3. The van der Waals surface area contributed by atoms with E-state index in [1.165, 1.54) is 0 Å². The third-order valence-corrected chi connectivity index (χ3v) is 2.20. The number of carbonyl (C=O) groups excluding carboxylic acids is 1. The Morgan fingerprint density at radius 3 is 2.50 bits per heavy atom. The number of unbranched alkanes of at least 4 members (excludes halogenated alkanes) is 1. The number of hydrogen-bond donors (Lipinski definition) is 1. The van der Waals surface area contributed by atoms with Crippen LogP contribution in [0.25, 0.3) is 0 Å². The summed E-state index contributed by atoms with van der Waals surface area (Å²) in [5, 5.41) is 8.95. The van der Waals surface area contributed by atoms with Crippen molar-refractivity contribution in [3.63, 3.8) is 0 Å². The highest BCUT2D eigenvalue weighted by molar-refractivity contribution is 5.72. The van der Waals surface area contributed by atoms with Crippen LogP contribution in [0.3, 0.4) is 0 Å². The summed E-state index contributed by atoms with van der Waals surface area (Å²) in [4.78, 5) is 11.5. The number of hydrogen-bond acceptors (Lipinski definition) is 3. The molecule has 0 fully saturated rings. The highest BCUT2D eigenvalue weighted by Gasteiger charge is 2.17. The standard InChI is InChI=1S/C11H22O3/c1-4-6-7-10(5-2)11(13)14-8-9(3)12/h9-10,12H,4-8H2,1-3H3/t9-,10+/m0/s1. The van der Waals surface area contributed by atoms with E-state index in [1.54, 1.807) is 6.92 Å². The summed E-state index contributed by atoms with van der Waals surface area (Å²) in [6, 6.07) is 0. The van der Waals surface area contributed by atoms with Gasteiger partial charge in [0.25, 0.3) is 0 Å². The number of rotatable bonds is 7. The van der Waals surface area contributed by atoms with Gasteiger partial charge in [-0.1, -0.05) is 26.7 Å². The zero-order chi connectivity index (χ0) is 11.0. The molecule has 1 N–H and O–H groups in total. The summed E-state index contributed by atoms with van der Waals surface area (Å²) < 4.78 is 4.96. The number of aliphatic hydroxyl groups excluding tert-OH is 1. The van der Waals surface area contributed by atoms with Crippen molar-refractivity contribution < 1.29 is 14.6 Å². The van der Waals surface area contributed by atoms with Gasteiger partial charge in [0.2, 0.25) is 0 Å². The Kier molecular flexibility index (Phi) is 7.48. The molecule has 3 nitrogen and oxygen atoms in total. The maximum Gasteiger partial charge on any atom is 0.309 e. The molecule has 84 valence electrons. The summed E-state index contributed by atoms with van der Waals surface area (Å²) in [7, 11) is 0. The molecular weight excluding hydrogens is 180 g/mol. The van der Waals surface area contributed by atoms with Crippen molar-refractivity contribution in [3.05, 3.63) is 0 Å². The summed E-state index contributed by atoms with van der Waals surface area (Å²) >= 11 is 0. The zero-order valence-electron chi connectivity index (χ0n) is 9.45. The molecule has 0 saturated heterocycles. The number of carbonyl (C=O) groups is 1. The van der Waals surface area contributed by atoms with E-state index in [0.717, 1.165) is 25.7 Å². The molecule has 0 aromatic carbocycles. The minimum absolute atomic E-state index is 0.00806. The van der Waals surface area contributed by atoms with Crippen LogP contribution in [-0.2, 0) is 9.53 Å². The fraction of sp³-hybridized carbons (Fsp3) is 0.909. The first kappa shape index (κ1) is 13.4. The van der Waals surface area contributed by atoms with Crippen LogP contribution in [0.4, 0.5) is 0 Å². The average Bonchev–Trinajstić information content (AvgIpc) is 2.16. The SMILES string of the molecule is CCCC[C@@H](CC)C(=O)OC[C@H](C)O. The van der Waals surface area contributed by atoms with Crippen LogP contribution < -0.4 is 0 Å². The molecule has 2 atom stereocenters. The average molecular weight is 202 g/mol. The molecule has 0 saturated carbocycles. The normalized spacial score (nSPS) is 14.9. The molecule has 0 amide bonds. The number of aliphatic hydroxyl groups is 1. The molecule has 0 aliphatic heterocycles. The Morgan fingerprint density at radius 2 is 2.07 bits per heavy atom. The van der Waals surface area contributed by atoms with Gasteiger partial charge in [0.15, 0.2) is 0 Å². The lowest BCUT2D eigenvalue weighted by atomic mass is 10.00. The van der Waals surface area contributed by atoms with Crippen molar-refractivity contribution in [1.29, 1.82) is 0 Å². The molecule has 0 aromatic rings. The largest absolute Gasteiger partial charge is 0.463 e. The Morgan fingerprint density at radius 1 is 1.43 bits per heavy atom. The van der Waals surface area contributed by atoms with Gasteiger partial charge in [0.1, 0.15) is 6.61 Å². The molecule has 0 heterocycles. The van der Waals surface area contributed by atoms with Gasteiger partial charge in [-0.25, -0.2) is 0 Å². The first-order valence-electron chi connectivity index (χ1n) is 5.46. The molecule has 0 rings (SSSR count). The molecule has 14 heavy (non-hydrogen) atoms. The third-order valence-electron chi connectivity index (χ3n) is 2.20. The van der Waals surface area contributed by atoms with Crippen molar-refractivity contribution in [1.82, 2.24) is 0 Å². The summed E-state index contributed by atoms with van der Waals surface area (Å²) in [6.45, 7) is 5.82. The fourth-order valence-electron chi connectivity index (χ4n) is 1.26. The molecule has 0 bridgehead atoms. The Hall–Kier alpha value is -0.570. The second kappa shape index (κ2) is 7.80. The lowest BCUT2D eigenvalue weighted by Gasteiger charge is -2.14. The predicted octanol–water partition coefficient (Wildman–Crippen LogP) is 2.13. The highest BCUT2D eigenvalue weighted by Crippen LogP contribution is 2.14. The molecule has 0 unspecified atom stereocenters. The molecule has 0 aromatic heterocycles. The van der Waals surface area contributed by atoms with Gasteiger partial charge < -0.3 is 9.84 Å². The minimum Gasteiger partial charge on any atom is -0.463 e. The summed E-state index contributed by atoms with van der Waals surface area (Å²) in [5.74, 6) is -0.157. The van der Waals surface area contributed by atoms with Crippen molar-refractivity contribution in [2.45, 2.75) is 52.6 Å². The van der Waals surface area contributed by atoms with Crippen LogP contribution in [0.5, 0.6) is 0 Å². The van der Waals surface area contributed by atoms with E-state index in [2.05, 4.69) is 6.92 Å². The first-order chi connectivity index (χ1) is 6.61. The molecule has 0 radical (unpaired) electrons. The minimum atomic E-state index is -0.567. The number of ether oxygens (including phenoxy) is 1. The van der Waals surface area contributed by atoms with Crippen LogP contribution in [0.2, 0.25) is 0 Å². The topological polar surface area (TPSA) is 46.5 Å². The summed E-state index contributed by atoms with van der Waals surface area (Å²) in [6.07, 6.45) is 3.30. The number of esters is 1. The van der Waals surface area contributed by atoms with Crippen LogP contribution in [0, 0.1) is 5.92 Å². The van der Waals surface area contributed by atoms with Gasteiger partial charge in [-0.05, 0) is 19.8 Å². The molecule has 0 aliphatic carbocycles. The predicted molar refractivity (Wildman–Crippen MR) is 55.9 cm³/mol. The van der Waals surface area contributed by atoms with E-state index in [0.29, 0.717) is 0 Å². The van der Waals surface area contributed by atoms with Crippen molar-refractivity contribution in [3.8, 4) is 0 Å². The van der Waals surface area contributed by atoms with Gasteiger partial charge in [0.05, 0.1) is 12.0 Å². The Labute approximate surface area is 86.5 Å². The van der Waals surface area contributed by atoms with Gasteiger partial charge in [-0.3, -0.25) is 4.79 Å². The lowest BCUT2D eigenvalue weighted by molar-refractivity contribution is -0.151. The molecule has 0 aliphatic rings. The second-order valence-electron chi connectivity index (χ2n) is 3.73. The first-order valence-corrected chi connectivity index (χ1v) is 5.46. The quantitative estimate of drug-likeness (QED) is 0.643. The van der Waals surface area contributed by atoms with E-state index in [-0.39, 0.29) is 18.5 Å². The Bertz CT molecular complexity index is 155. The Balaban J connectivity index is 3.79. The van der Waals surface area contributed by atoms with E-state index in [9.17, 15) is 4.79 Å². The summed E-state index contributed by atoms with van der Waals surface area (Å²) in [5.41, 5.74) is 0. The van der Waals surface area contributed by atoms with Gasteiger partial charge in [-0.15, -0.1) is 0 Å².